The molecular formula is C14H12N6. The van der Waals surface area contributed by atoms with Gasteiger partial charge in [0.25, 0.3) is 0 Å². The van der Waals surface area contributed by atoms with Gasteiger partial charge in [0.15, 0.2) is 0 Å². The molecule has 6 heteroatoms. The fourth-order valence-corrected chi connectivity index (χ4v) is 1.99. The topological polar surface area (TPSA) is 125 Å². The van der Waals surface area contributed by atoms with Crippen molar-refractivity contribution >= 4 is 11.8 Å². The maximum absolute atomic E-state index is 9.21. The molecule has 1 aromatic heterocycles. The summed E-state index contributed by atoms with van der Waals surface area (Å²) in [5, 5.41) is 18.2. The number of anilines is 2. The van der Waals surface area contributed by atoms with Gasteiger partial charge in [0, 0.05) is 5.56 Å². The quantitative estimate of drug-likeness (QED) is 0.848. The summed E-state index contributed by atoms with van der Waals surface area (Å²) >= 11 is 0. The van der Waals surface area contributed by atoms with E-state index in [1.807, 2.05) is 13.0 Å². The van der Waals surface area contributed by atoms with Gasteiger partial charge >= 0.3 is 0 Å². The lowest BCUT2D eigenvalue weighted by Gasteiger charge is -2.11. The Morgan fingerprint density at radius 1 is 1.15 bits per heavy atom. The third kappa shape index (κ3) is 2.23. The number of benzene rings is 1. The Hall–Kier alpha value is -3.12. The minimum Gasteiger partial charge on any atom is -0.382 e. The zero-order chi connectivity index (χ0) is 14.7. The highest BCUT2D eigenvalue weighted by Gasteiger charge is 2.15. The van der Waals surface area contributed by atoms with Crippen molar-refractivity contribution in [1.82, 2.24) is 9.97 Å². The van der Waals surface area contributed by atoms with E-state index in [1.54, 1.807) is 18.2 Å². The Morgan fingerprint density at radius 2 is 1.90 bits per heavy atom. The molecule has 0 spiro atoms. The number of aromatic nitrogens is 2. The highest BCUT2D eigenvalue weighted by Crippen LogP contribution is 2.29. The minimum absolute atomic E-state index is 0.0166. The molecule has 0 unspecified atom stereocenters. The lowest BCUT2D eigenvalue weighted by Crippen LogP contribution is -2.06. The molecule has 0 atom stereocenters. The summed E-state index contributed by atoms with van der Waals surface area (Å²) in [7, 11) is 0. The van der Waals surface area contributed by atoms with Crippen LogP contribution in [0.5, 0.6) is 0 Å². The van der Waals surface area contributed by atoms with Gasteiger partial charge < -0.3 is 11.5 Å². The number of hydrogen-bond donors (Lipinski definition) is 2. The number of rotatable bonds is 2. The summed E-state index contributed by atoms with van der Waals surface area (Å²) in [5.41, 5.74) is 14.1. The van der Waals surface area contributed by atoms with Crippen LogP contribution in [-0.2, 0) is 6.42 Å². The first-order valence-corrected chi connectivity index (χ1v) is 5.97. The van der Waals surface area contributed by atoms with Crippen molar-refractivity contribution in [2.45, 2.75) is 13.3 Å². The molecule has 6 nitrogen and oxygen atoms in total. The van der Waals surface area contributed by atoms with Crippen LogP contribution in [-0.4, -0.2) is 9.97 Å². The molecule has 98 valence electrons. The van der Waals surface area contributed by atoms with Crippen LogP contribution in [0.4, 0.5) is 11.8 Å². The maximum atomic E-state index is 9.21. The first kappa shape index (κ1) is 13.3. The molecule has 0 saturated heterocycles. The number of nitrogen functional groups attached to an aromatic ring is 2. The molecule has 2 aromatic rings. The molecule has 0 fully saturated rings. The molecule has 1 aromatic carbocycles. The van der Waals surface area contributed by atoms with E-state index >= 15 is 0 Å². The normalized spacial score (nSPS) is 9.75. The van der Waals surface area contributed by atoms with E-state index in [0.29, 0.717) is 17.7 Å². The van der Waals surface area contributed by atoms with Gasteiger partial charge in [0.1, 0.15) is 17.5 Å². The summed E-state index contributed by atoms with van der Waals surface area (Å²) in [4.78, 5) is 7.91. The molecule has 0 aliphatic heterocycles. The largest absolute Gasteiger partial charge is 0.382 e. The van der Waals surface area contributed by atoms with Crippen LogP contribution < -0.4 is 11.5 Å². The van der Waals surface area contributed by atoms with Crippen LogP contribution in [0.15, 0.2) is 18.2 Å². The number of nitriles is 2. The number of nitrogens with two attached hydrogens (primary N) is 2. The van der Waals surface area contributed by atoms with E-state index < -0.39 is 0 Å². The van der Waals surface area contributed by atoms with Crippen LogP contribution in [0.3, 0.4) is 0 Å². The Bertz CT molecular complexity index is 751. The van der Waals surface area contributed by atoms with Crippen molar-refractivity contribution in [3.8, 4) is 23.4 Å². The van der Waals surface area contributed by atoms with Gasteiger partial charge in [-0.15, -0.1) is 0 Å². The number of nitrogens with zero attached hydrogens (tertiary/aromatic N) is 4. The fourth-order valence-electron chi connectivity index (χ4n) is 1.99. The predicted octanol–water partition coefficient (Wildman–Crippen LogP) is 1.61. The van der Waals surface area contributed by atoms with Gasteiger partial charge in [-0.2, -0.15) is 15.5 Å². The molecule has 0 bridgehead atoms. The maximum Gasteiger partial charge on any atom is 0.222 e. The van der Waals surface area contributed by atoms with E-state index in [-0.39, 0.29) is 17.3 Å². The zero-order valence-corrected chi connectivity index (χ0v) is 10.9. The van der Waals surface area contributed by atoms with E-state index in [4.69, 9.17) is 16.7 Å². The Balaban J connectivity index is 2.75. The summed E-state index contributed by atoms with van der Waals surface area (Å²) in [6.07, 6.45) is 0.694. The van der Waals surface area contributed by atoms with E-state index in [9.17, 15) is 5.26 Å². The molecule has 2 rings (SSSR count). The average molecular weight is 264 g/mol. The van der Waals surface area contributed by atoms with Crippen LogP contribution in [0.1, 0.15) is 23.6 Å². The van der Waals surface area contributed by atoms with Crippen molar-refractivity contribution < 1.29 is 0 Å². The molecule has 1 heterocycles. The molecule has 0 aliphatic carbocycles. The summed E-state index contributed by atoms with van der Waals surface area (Å²) in [6.45, 7) is 1.96. The van der Waals surface area contributed by atoms with Gasteiger partial charge in [-0.1, -0.05) is 13.0 Å². The van der Waals surface area contributed by atoms with Gasteiger partial charge in [-0.05, 0) is 24.1 Å². The molecule has 0 radical (unpaired) electrons. The molecular weight excluding hydrogens is 252 g/mol. The zero-order valence-electron chi connectivity index (χ0n) is 10.9. The van der Waals surface area contributed by atoms with Crippen LogP contribution in [0.25, 0.3) is 11.3 Å². The van der Waals surface area contributed by atoms with Crippen LogP contribution in [0.2, 0.25) is 0 Å². The average Bonchev–Trinajstić information content (AvgIpc) is 2.45. The smallest absolute Gasteiger partial charge is 0.222 e. The van der Waals surface area contributed by atoms with Gasteiger partial charge in [0.05, 0.1) is 17.3 Å². The van der Waals surface area contributed by atoms with Gasteiger partial charge in [-0.25, -0.2) is 4.98 Å². The highest BCUT2D eigenvalue weighted by molar-refractivity contribution is 5.75. The molecule has 4 N–H and O–H groups in total. The van der Waals surface area contributed by atoms with Crippen LogP contribution >= 0.6 is 0 Å². The van der Waals surface area contributed by atoms with Gasteiger partial charge in [0.2, 0.25) is 5.95 Å². The van der Waals surface area contributed by atoms with Gasteiger partial charge in [-0.3, -0.25) is 0 Å². The Labute approximate surface area is 116 Å². The number of hydrogen-bond acceptors (Lipinski definition) is 6. The molecule has 0 amide bonds. The Morgan fingerprint density at radius 3 is 2.50 bits per heavy atom. The summed E-state index contributed by atoms with van der Waals surface area (Å²) < 4.78 is 0. The summed E-state index contributed by atoms with van der Waals surface area (Å²) in [6, 6.07) is 9.27. The predicted molar refractivity (Wildman–Crippen MR) is 75.1 cm³/mol. The fraction of sp³-hybridized carbons (Fsp3) is 0.143. The third-order valence-electron chi connectivity index (χ3n) is 2.94. The lowest BCUT2D eigenvalue weighted by molar-refractivity contribution is 1.12. The Kier molecular flexibility index (Phi) is 3.49. The van der Waals surface area contributed by atoms with Crippen molar-refractivity contribution in [2.24, 2.45) is 0 Å². The van der Waals surface area contributed by atoms with Crippen molar-refractivity contribution in [1.29, 1.82) is 10.5 Å². The second kappa shape index (κ2) is 5.25. The minimum atomic E-state index is 0.0166. The van der Waals surface area contributed by atoms with Crippen LogP contribution in [0, 0.1) is 22.7 Å². The SMILES string of the molecule is CCc1cc(C#N)ccc1-c1nc(N)nc(N)c1C#N. The van der Waals surface area contributed by atoms with Crippen molar-refractivity contribution in [3.05, 3.63) is 34.9 Å². The third-order valence-corrected chi connectivity index (χ3v) is 2.94. The van der Waals surface area contributed by atoms with E-state index in [0.717, 1.165) is 11.1 Å². The lowest BCUT2D eigenvalue weighted by atomic mass is 9.97. The van der Waals surface area contributed by atoms with Crippen molar-refractivity contribution in [2.75, 3.05) is 11.5 Å². The molecule has 0 saturated carbocycles. The molecule has 0 aliphatic rings. The monoisotopic (exact) mass is 264 g/mol. The summed E-state index contributed by atoms with van der Waals surface area (Å²) in [5.74, 6) is 0.0734. The standard InChI is InChI=1S/C14H12N6/c1-2-9-5-8(6-15)3-4-10(9)12-11(7-16)13(17)20-14(18)19-12/h3-5H,2H2,1H3,(H4,17,18,19,20). The van der Waals surface area contributed by atoms with E-state index in [1.165, 1.54) is 0 Å². The highest BCUT2D eigenvalue weighted by atomic mass is 15.0. The first-order chi connectivity index (χ1) is 9.60. The second-order valence-electron chi connectivity index (χ2n) is 4.14. The van der Waals surface area contributed by atoms with E-state index in [2.05, 4.69) is 16.0 Å². The molecule has 20 heavy (non-hydrogen) atoms. The number of aryl methyl sites for hydroxylation is 1. The van der Waals surface area contributed by atoms with Crippen molar-refractivity contribution in [3.63, 3.8) is 0 Å². The first-order valence-electron chi connectivity index (χ1n) is 5.97. The second-order valence-corrected chi connectivity index (χ2v) is 4.14.